The fourth-order valence-electron chi connectivity index (χ4n) is 2.58. The molecular formula is C15H19F3N2O3S. The van der Waals surface area contributed by atoms with Crippen LogP contribution in [0.5, 0.6) is 0 Å². The van der Waals surface area contributed by atoms with Crippen LogP contribution in [-0.2, 0) is 21.0 Å². The molecule has 0 spiro atoms. The Morgan fingerprint density at radius 1 is 1.21 bits per heavy atom. The number of amides is 1. The van der Waals surface area contributed by atoms with Gasteiger partial charge in [0.15, 0.2) is 0 Å². The molecule has 1 aliphatic heterocycles. The Morgan fingerprint density at radius 3 is 2.42 bits per heavy atom. The van der Waals surface area contributed by atoms with E-state index in [-0.39, 0.29) is 5.91 Å². The van der Waals surface area contributed by atoms with E-state index in [0.717, 1.165) is 37.5 Å². The molecule has 1 fully saturated rings. The first-order valence-electron chi connectivity index (χ1n) is 7.59. The Hall–Kier alpha value is -1.61. The molecule has 0 bridgehead atoms. The minimum Gasteiger partial charge on any atom is -0.341 e. The van der Waals surface area contributed by atoms with Crippen molar-refractivity contribution in [2.45, 2.75) is 43.3 Å². The third-order valence-corrected chi connectivity index (χ3v) is 5.38. The maximum absolute atomic E-state index is 12.7. The molecule has 5 nitrogen and oxygen atoms in total. The lowest BCUT2D eigenvalue weighted by molar-refractivity contribution is -0.137. The zero-order valence-electron chi connectivity index (χ0n) is 13.1. The van der Waals surface area contributed by atoms with Gasteiger partial charge in [0.1, 0.15) is 0 Å². The maximum Gasteiger partial charge on any atom is 0.416 e. The van der Waals surface area contributed by atoms with Crippen molar-refractivity contribution in [2.75, 3.05) is 13.1 Å². The molecule has 1 aromatic carbocycles. The van der Waals surface area contributed by atoms with Crippen LogP contribution >= 0.6 is 0 Å². The number of likely N-dealkylation sites (tertiary alicyclic amines) is 1. The summed E-state index contributed by atoms with van der Waals surface area (Å²) in [5.41, 5.74) is -1.06. The predicted molar refractivity (Wildman–Crippen MR) is 81.7 cm³/mol. The maximum atomic E-state index is 12.7. The molecular weight excluding hydrogens is 345 g/mol. The van der Waals surface area contributed by atoms with Crippen molar-refractivity contribution in [1.82, 2.24) is 9.62 Å². The summed E-state index contributed by atoms with van der Waals surface area (Å²) in [5.74, 6) is -0.370. The van der Waals surface area contributed by atoms with Crippen molar-refractivity contribution in [2.24, 2.45) is 0 Å². The highest BCUT2D eigenvalue weighted by molar-refractivity contribution is 7.89. The minimum atomic E-state index is -4.64. The number of carbonyl (C=O) groups is 1. The summed E-state index contributed by atoms with van der Waals surface area (Å²) in [6, 6.07) is 2.40. The number of nitrogens with one attached hydrogen (secondary N) is 1. The first kappa shape index (κ1) is 18.7. The highest BCUT2D eigenvalue weighted by Gasteiger charge is 2.32. The molecule has 1 aliphatic rings. The van der Waals surface area contributed by atoms with E-state index in [1.807, 2.05) is 0 Å². The molecule has 134 valence electrons. The summed E-state index contributed by atoms with van der Waals surface area (Å²) < 4.78 is 64.8. The first-order chi connectivity index (χ1) is 11.1. The van der Waals surface area contributed by atoms with Gasteiger partial charge in [-0.15, -0.1) is 0 Å². The van der Waals surface area contributed by atoms with Crippen LogP contribution in [-0.4, -0.2) is 38.4 Å². The van der Waals surface area contributed by atoms with Gasteiger partial charge in [0.25, 0.3) is 0 Å². The quantitative estimate of drug-likeness (QED) is 0.892. The predicted octanol–water partition coefficient (Wildman–Crippen LogP) is 2.38. The number of hydrogen-bond acceptors (Lipinski definition) is 3. The fraction of sp³-hybridized carbons (Fsp3) is 0.533. The van der Waals surface area contributed by atoms with Gasteiger partial charge in [-0.25, -0.2) is 8.42 Å². The zero-order chi connectivity index (χ0) is 18.0. The van der Waals surface area contributed by atoms with Crippen LogP contribution in [0.15, 0.2) is 29.2 Å². The number of carbonyl (C=O) groups excluding carboxylic acids is 1. The van der Waals surface area contributed by atoms with E-state index in [4.69, 9.17) is 0 Å². The molecule has 0 aliphatic carbocycles. The topological polar surface area (TPSA) is 66.5 Å². The lowest BCUT2D eigenvalue weighted by Crippen LogP contribution is -2.48. The van der Waals surface area contributed by atoms with Crippen LogP contribution in [0.25, 0.3) is 0 Å². The van der Waals surface area contributed by atoms with Gasteiger partial charge in [0, 0.05) is 13.1 Å². The Balaban J connectivity index is 2.14. The number of alkyl halides is 3. The Morgan fingerprint density at radius 2 is 1.83 bits per heavy atom. The molecule has 1 aromatic rings. The lowest BCUT2D eigenvalue weighted by atomic mass is 10.1. The second kappa shape index (κ2) is 7.10. The molecule has 0 aromatic heterocycles. The summed E-state index contributed by atoms with van der Waals surface area (Å²) in [5, 5.41) is 0. The molecule has 24 heavy (non-hydrogen) atoms. The summed E-state index contributed by atoms with van der Waals surface area (Å²) in [6.07, 6.45) is -1.90. The third-order valence-electron chi connectivity index (χ3n) is 3.84. The van der Waals surface area contributed by atoms with Crippen molar-refractivity contribution in [1.29, 1.82) is 0 Å². The number of sulfonamides is 1. The zero-order valence-corrected chi connectivity index (χ0v) is 14.0. The van der Waals surface area contributed by atoms with Crippen molar-refractivity contribution >= 4 is 15.9 Å². The molecule has 1 amide bonds. The van der Waals surface area contributed by atoms with Crippen molar-refractivity contribution in [3.63, 3.8) is 0 Å². The van der Waals surface area contributed by atoms with Crippen LogP contribution < -0.4 is 4.72 Å². The SMILES string of the molecule is C[C@@H](NS(=O)(=O)c1cccc(C(F)(F)F)c1)C(=O)N1CCCCC1. The number of nitrogens with zero attached hydrogens (tertiary/aromatic N) is 1. The van der Waals surface area contributed by atoms with Crippen molar-refractivity contribution < 1.29 is 26.4 Å². The van der Waals surface area contributed by atoms with Crippen LogP contribution in [0.1, 0.15) is 31.7 Å². The molecule has 2 rings (SSSR count). The lowest BCUT2D eigenvalue weighted by Gasteiger charge is -2.29. The Bertz CT molecular complexity index is 698. The van der Waals surface area contributed by atoms with E-state index in [1.165, 1.54) is 6.92 Å². The number of piperidine rings is 1. The molecule has 9 heteroatoms. The molecule has 1 N–H and O–H groups in total. The molecule has 1 heterocycles. The van der Waals surface area contributed by atoms with Crippen molar-refractivity contribution in [3.05, 3.63) is 29.8 Å². The number of rotatable bonds is 4. The van der Waals surface area contributed by atoms with Gasteiger partial charge in [-0.3, -0.25) is 4.79 Å². The van der Waals surface area contributed by atoms with Gasteiger partial charge in [0.05, 0.1) is 16.5 Å². The summed E-state index contributed by atoms with van der Waals surface area (Å²) in [4.78, 5) is 13.3. The van der Waals surface area contributed by atoms with Gasteiger partial charge >= 0.3 is 6.18 Å². The van der Waals surface area contributed by atoms with Crippen molar-refractivity contribution in [3.8, 4) is 0 Å². The molecule has 0 saturated carbocycles. The molecule has 1 atom stereocenters. The normalized spacial score (nSPS) is 17.6. The Kier molecular flexibility index (Phi) is 5.54. The van der Waals surface area contributed by atoms with Gasteiger partial charge in [-0.05, 0) is 44.4 Å². The number of halogens is 3. The van der Waals surface area contributed by atoms with E-state index < -0.39 is 32.7 Å². The van der Waals surface area contributed by atoms with Crippen LogP contribution in [0, 0.1) is 0 Å². The molecule has 1 saturated heterocycles. The highest BCUT2D eigenvalue weighted by Crippen LogP contribution is 2.30. The summed E-state index contributed by atoms with van der Waals surface area (Å²) in [7, 11) is -4.22. The largest absolute Gasteiger partial charge is 0.416 e. The fourth-order valence-corrected chi connectivity index (χ4v) is 3.82. The smallest absolute Gasteiger partial charge is 0.341 e. The van der Waals surface area contributed by atoms with E-state index in [0.29, 0.717) is 19.2 Å². The second-order valence-electron chi connectivity index (χ2n) is 5.75. The summed E-state index contributed by atoms with van der Waals surface area (Å²) in [6.45, 7) is 2.52. The monoisotopic (exact) mass is 364 g/mol. The number of benzene rings is 1. The average Bonchev–Trinajstić information content (AvgIpc) is 2.54. The van der Waals surface area contributed by atoms with Crippen LogP contribution in [0.4, 0.5) is 13.2 Å². The van der Waals surface area contributed by atoms with E-state index >= 15 is 0 Å². The minimum absolute atomic E-state index is 0.370. The highest BCUT2D eigenvalue weighted by atomic mass is 32.2. The third kappa shape index (κ3) is 4.47. The first-order valence-corrected chi connectivity index (χ1v) is 9.08. The van der Waals surface area contributed by atoms with E-state index in [1.54, 1.807) is 4.90 Å². The van der Waals surface area contributed by atoms with Crippen LogP contribution in [0.3, 0.4) is 0 Å². The standard InChI is InChI=1S/C15H19F3N2O3S/c1-11(14(21)20-8-3-2-4-9-20)19-24(22,23)13-7-5-6-12(10-13)15(16,17)18/h5-7,10-11,19H,2-4,8-9H2,1H3/t11-/m1/s1. The van der Waals surface area contributed by atoms with Gasteiger partial charge in [-0.1, -0.05) is 6.07 Å². The second-order valence-corrected chi connectivity index (χ2v) is 7.47. The van der Waals surface area contributed by atoms with Gasteiger partial charge in [0.2, 0.25) is 15.9 Å². The number of hydrogen-bond donors (Lipinski definition) is 1. The average molecular weight is 364 g/mol. The van der Waals surface area contributed by atoms with E-state index in [2.05, 4.69) is 4.72 Å². The van der Waals surface area contributed by atoms with Crippen LogP contribution in [0.2, 0.25) is 0 Å². The Labute approximate surface area is 138 Å². The summed E-state index contributed by atoms with van der Waals surface area (Å²) >= 11 is 0. The van der Waals surface area contributed by atoms with Gasteiger partial charge in [-0.2, -0.15) is 17.9 Å². The van der Waals surface area contributed by atoms with Gasteiger partial charge < -0.3 is 4.90 Å². The molecule has 0 unspecified atom stereocenters. The molecule has 0 radical (unpaired) electrons. The van der Waals surface area contributed by atoms with E-state index in [9.17, 15) is 26.4 Å².